The van der Waals surface area contributed by atoms with Gasteiger partial charge in [-0.05, 0) is 53.9 Å². The smallest absolute Gasteiger partial charge is 0.410 e. The van der Waals surface area contributed by atoms with Crippen LogP contribution in [0.15, 0.2) is 4.99 Å². The van der Waals surface area contributed by atoms with E-state index in [1.807, 2.05) is 30.6 Å². The third-order valence-electron chi connectivity index (χ3n) is 3.81. The van der Waals surface area contributed by atoms with E-state index in [4.69, 9.17) is 10.5 Å². The second-order valence-corrected chi connectivity index (χ2v) is 6.69. The van der Waals surface area contributed by atoms with Gasteiger partial charge in [0.25, 0.3) is 0 Å². The van der Waals surface area contributed by atoms with Gasteiger partial charge in [0.15, 0.2) is 5.96 Å². The van der Waals surface area contributed by atoms with Crippen LogP contribution in [0, 0.1) is 0 Å². The second-order valence-electron chi connectivity index (χ2n) is 6.69. The molecule has 1 unspecified atom stereocenters. The fourth-order valence-electron chi connectivity index (χ4n) is 2.60. The Balaban J connectivity index is 2.69. The molecule has 1 aliphatic rings. The lowest BCUT2D eigenvalue weighted by Crippen LogP contribution is -2.48. The lowest BCUT2D eigenvalue weighted by atomic mass is 10.0. The van der Waals surface area contributed by atoms with E-state index in [0.29, 0.717) is 12.5 Å². The topological polar surface area (TPSA) is 71.2 Å². The Hall–Kier alpha value is -1.46. The van der Waals surface area contributed by atoms with Crippen LogP contribution in [-0.2, 0) is 4.74 Å². The van der Waals surface area contributed by atoms with Crippen molar-refractivity contribution in [3.63, 3.8) is 0 Å². The summed E-state index contributed by atoms with van der Waals surface area (Å²) < 4.78 is 5.50. The summed E-state index contributed by atoms with van der Waals surface area (Å²) in [7, 11) is 0. The molecular weight excluding hydrogens is 280 g/mol. The molecule has 0 saturated carbocycles. The number of aliphatic imine (C=N–C) groups is 1. The molecule has 0 bridgehead atoms. The van der Waals surface area contributed by atoms with Gasteiger partial charge in [-0.1, -0.05) is 0 Å². The monoisotopic (exact) mass is 312 g/mol. The molecule has 6 nitrogen and oxygen atoms in total. The van der Waals surface area contributed by atoms with E-state index in [1.54, 1.807) is 0 Å². The van der Waals surface area contributed by atoms with Crippen LogP contribution in [0.1, 0.15) is 53.9 Å². The number of likely N-dealkylation sites (tertiary alicyclic amines) is 1. The van der Waals surface area contributed by atoms with E-state index in [2.05, 4.69) is 18.8 Å². The van der Waals surface area contributed by atoms with E-state index in [-0.39, 0.29) is 12.1 Å². The quantitative estimate of drug-likeness (QED) is 0.639. The van der Waals surface area contributed by atoms with Gasteiger partial charge in [0.2, 0.25) is 0 Å². The predicted octanol–water partition coefficient (Wildman–Crippen LogP) is 2.43. The minimum Gasteiger partial charge on any atom is -0.444 e. The number of carbonyl (C=O) groups is 1. The molecule has 1 rings (SSSR count). The number of piperidine rings is 1. The molecule has 1 aliphatic heterocycles. The first-order valence-electron chi connectivity index (χ1n) is 8.33. The lowest BCUT2D eigenvalue weighted by molar-refractivity contribution is 0.0109. The molecule has 2 N–H and O–H groups in total. The number of hydrogen-bond acceptors (Lipinski definition) is 3. The first-order valence-corrected chi connectivity index (χ1v) is 8.33. The van der Waals surface area contributed by atoms with Gasteiger partial charge in [0, 0.05) is 19.6 Å². The van der Waals surface area contributed by atoms with Crippen LogP contribution < -0.4 is 5.73 Å². The SMILES string of the molecule is CCN(CC)C(N)=NCC1CCCCN1C(=O)OC(C)(C)C. The predicted molar refractivity (Wildman–Crippen MR) is 90.0 cm³/mol. The highest BCUT2D eigenvalue weighted by atomic mass is 16.6. The normalized spacial score (nSPS) is 20.0. The molecule has 0 aliphatic carbocycles. The molecule has 1 fully saturated rings. The van der Waals surface area contributed by atoms with Crippen LogP contribution in [0.25, 0.3) is 0 Å². The lowest BCUT2D eigenvalue weighted by Gasteiger charge is -2.36. The molecule has 0 aromatic heterocycles. The zero-order chi connectivity index (χ0) is 16.8. The van der Waals surface area contributed by atoms with Gasteiger partial charge < -0.3 is 20.3 Å². The fourth-order valence-corrected chi connectivity index (χ4v) is 2.60. The van der Waals surface area contributed by atoms with Crippen molar-refractivity contribution < 1.29 is 9.53 Å². The first kappa shape index (κ1) is 18.6. The number of carbonyl (C=O) groups excluding carboxylic acids is 1. The highest BCUT2D eigenvalue weighted by Crippen LogP contribution is 2.20. The highest BCUT2D eigenvalue weighted by molar-refractivity contribution is 5.78. The van der Waals surface area contributed by atoms with Crippen LogP contribution in [0.3, 0.4) is 0 Å². The van der Waals surface area contributed by atoms with Gasteiger partial charge in [0.05, 0.1) is 12.6 Å². The maximum Gasteiger partial charge on any atom is 0.410 e. The van der Waals surface area contributed by atoms with E-state index >= 15 is 0 Å². The summed E-state index contributed by atoms with van der Waals surface area (Å²) in [4.78, 5) is 20.6. The van der Waals surface area contributed by atoms with E-state index in [1.165, 1.54) is 0 Å². The zero-order valence-electron chi connectivity index (χ0n) is 14.8. The second kappa shape index (κ2) is 8.25. The first-order chi connectivity index (χ1) is 10.3. The molecule has 1 saturated heterocycles. The van der Waals surface area contributed by atoms with Crippen molar-refractivity contribution in [2.75, 3.05) is 26.2 Å². The molecule has 1 amide bonds. The minimum atomic E-state index is -0.470. The van der Waals surface area contributed by atoms with Crippen LogP contribution in [0.2, 0.25) is 0 Å². The Labute approximate surface area is 134 Å². The molecule has 0 spiro atoms. The van der Waals surface area contributed by atoms with Gasteiger partial charge in [0.1, 0.15) is 5.60 Å². The average molecular weight is 312 g/mol. The Kier molecular flexibility index (Phi) is 6.97. The third-order valence-corrected chi connectivity index (χ3v) is 3.81. The van der Waals surface area contributed by atoms with E-state index in [9.17, 15) is 4.79 Å². The molecule has 0 aromatic carbocycles. The third kappa shape index (κ3) is 5.73. The Bertz CT molecular complexity index is 386. The van der Waals surface area contributed by atoms with Crippen molar-refractivity contribution in [3.05, 3.63) is 0 Å². The van der Waals surface area contributed by atoms with Crippen LogP contribution >= 0.6 is 0 Å². The van der Waals surface area contributed by atoms with E-state index in [0.717, 1.165) is 38.9 Å². The Morgan fingerprint density at radius 3 is 2.50 bits per heavy atom. The van der Waals surface area contributed by atoms with Crippen molar-refractivity contribution >= 4 is 12.1 Å². The minimum absolute atomic E-state index is 0.0812. The molecule has 1 heterocycles. The maximum absolute atomic E-state index is 12.3. The molecule has 0 aromatic rings. The summed E-state index contributed by atoms with van der Waals surface area (Å²) in [5.41, 5.74) is 5.55. The zero-order valence-corrected chi connectivity index (χ0v) is 14.8. The molecule has 0 radical (unpaired) electrons. The van der Waals surface area contributed by atoms with Gasteiger partial charge in [-0.15, -0.1) is 0 Å². The highest BCUT2D eigenvalue weighted by Gasteiger charge is 2.30. The standard InChI is InChI=1S/C16H32N4O2/c1-6-19(7-2)14(17)18-12-13-10-8-9-11-20(13)15(21)22-16(3,4)5/h13H,6-12H2,1-5H3,(H2,17,18). The van der Waals surface area contributed by atoms with Crippen molar-refractivity contribution in [2.45, 2.75) is 65.5 Å². The molecule has 1 atom stereocenters. The molecule has 6 heteroatoms. The van der Waals surface area contributed by atoms with Gasteiger partial charge in [-0.2, -0.15) is 0 Å². The number of hydrogen-bond donors (Lipinski definition) is 1. The summed E-state index contributed by atoms with van der Waals surface area (Å²) in [6.45, 7) is 12.7. The van der Waals surface area contributed by atoms with Crippen molar-refractivity contribution in [3.8, 4) is 0 Å². The Morgan fingerprint density at radius 2 is 1.95 bits per heavy atom. The van der Waals surface area contributed by atoms with Crippen LogP contribution in [-0.4, -0.2) is 59.7 Å². The largest absolute Gasteiger partial charge is 0.444 e. The number of ether oxygens (including phenoxy) is 1. The molecular formula is C16H32N4O2. The van der Waals surface area contributed by atoms with Crippen molar-refractivity contribution in [2.24, 2.45) is 10.7 Å². The van der Waals surface area contributed by atoms with Crippen LogP contribution in [0.4, 0.5) is 4.79 Å². The number of nitrogens with zero attached hydrogens (tertiary/aromatic N) is 3. The van der Waals surface area contributed by atoms with Crippen molar-refractivity contribution in [1.29, 1.82) is 0 Å². The molecule has 128 valence electrons. The average Bonchev–Trinajstić information content (AvgIpc) is 2.45. The van der Waals surface area contributed by atoms with Crippen molar-refractivity contribution in [1.82, 2.24) is 9.80 Å². The Morgan fingerprint density at radius 1 is 1.32 bits per heavy atom. The summed E-state index contributed by atoms with van der Waals surface area (Å²) in [5, 5.41) is 0. The number of rotatable bonds is 4. The van der Waals surface area contributed by atoms with Gasteiger partial charge in [-0.25, -0.2) is 4.79 Å². The van der Waals surface area contributed by atoms with Gasteiger partial charge >= 0.3 is 6.09 Å². The number of guanidine groups is 1. The maximum atomic E-state index is 12.3. The fraction of sp³-hybridized carbons (Fsp3) is 0.875. The van der Waals surface area contributed by atoms with E-state index < -0.39 is 5.60 Å². The summed E-state index contributed by atoms with van der Waals surface area (Å²) in [6.07, 6.45) is 2.85. The van der Waals surface area contributed by atoms with Gasteiger partial charge in [-0.3, -0.25) is 4.99 Å². The summed E-state index contributed by atoms with van der Waals surface area (Å²) in [6, 6.07) is 0.0812. The molecule has 22 heavy (non-hydrogen) atoms. The summed E-state index contributed by atoms with van der Waals surface area (Å²) in [5.74, 6) is 0.555. The number of nitrogens with two attached hydrogens (primary N) is 1. The number of amides is 1. The van der Waals surface area contributed by atoms with Crippen LogP contribution in [0.5, 0.6) is 0 Å². The summed E-state index contributed by atoms with van der Waals surface area (Å²) >= 11 is 0.